The molecule has 1 aliphatic heterocycles. The van der Waals surface area contributed by atoms with Gasteiger partial charge in [-0.1, -0.05) is 0 Å². The van der Waals surface area contributed by atoms with Crippen LogP contribution >= 0.6 is 0 Å². The SMILES string of the molecule is CS(=O)(=O)C1=CNCCC1CN. The fraction of sp³-hybridized carbons (Fsp3) is 0.714. The maximum atomic E-state index is 11.2. The average Bonchev–Trinajstić information content (AvgIpc) is 2.03. The molecule has 4 nitrogen and oxygen atoms in total. The quantitative estimate of drug-likeness (QED) is 0.612. The van der Waals surface area contributed by atoms with Gasteiger partial charge in [-0.15, -0.1) is 0 Å². The minimum absolute atomic E-state index is 0.00116. The topological polar surface area (TPSA) is 72.2 Å². The van der Waals surface area contributed by atoms with Crippen molar-refractivity contribution in [3.63, 3.8) is 0 Å². The molecule has 1 aliphatic rings. The Morgan fingerprint density at radius 1 is 1.75 bits per heavy atom. The first kappa shape index (κ1) is 9.54. The molecular weight excluding hydrogens is 176 g/mol. The monoisotopic (exact) mass is 190 g/mol. The van der Waals surface area contributed by atoms with Crippen LogP contribution in [0.25, 0.3) is 0 Å². The van der Waals surface area contributed by atoms with E-state index in [0.29, 0.717) is 11.4 Å². The lowest BCUT2D eigenvalue weighted by atomic mass is 10.0. The lowest BCUT2D eigenvalue weighted by Gasteiger charge is -2.21. The molecule has 1 rings (SSSR count). The van der Waals surface area contributed by atoms with Crippen LogP contribution in [0.15, 0.2) is 11.1 Å². The molecule has 0 aromatic rings. The Morgan fingerprint density at radius 2 is 2.42 bits per heavy atom. The second kappa shape index (κ2) is 3.45. The highest BCUT2D eigenvalue weighted by molar-refractivity contribution is 7.94. The highest BCUT2D eigenvalue weighted by atomic mass is 32.2. The van der Waals surface area contributed by atoms with Crippen LogP contribution in [0.2, 0.25) is 0 Å². The number of sulfone groups is 1. The van der Waals surface area contributed by atoms with Crippen molar-refractivity contribution in [2.75, 3.05) is 19.3 Å². The van der Waals surface area contributed by atoms with Crippen LogP contribution in [-0.2, 0) is 9.84 Å². The highest BCUT2D eigenvalue weighted by Gasteiger charge is 2.23. The van der Waals surface area contributed by atoms with Crippen LogP contribution in [0.1, 0.15) is 6.42 Å². The van der Waals surface area contributed by atoms with Gasteiger partial charge in [0.2, 0.25) is 0 Å². The number of hydrogen-bond donors (Lipinski definition) is 2. The molecule has 3 N–H and O–H groups in total. The Hall–Kier alpha value is -0.550. The third kappa shape index (κ3) is 1.98. The van der Waals surface area contributed by atoms with Crippen LogP contribution in [0, 0.1) is 5.92 Å². The molecule has 1 atom stereocenters. The molecule has 0 spiro atoms. The zero-order valence-corrected chi connectivity index (χ0v) is 7.89. The molecule has 0 amide bonds. The smallest absolute Gasteiger partial charge is 0.173 e. The van der Waals surface area contributed by atoms with Gasteiger partial charge in [0.15, 0.2) is 9.84 Å². The van der Waals surface area contributed by atoms with E-state index in [2.05, 4.69) is 5.32 Å². The van der Waals surface area contributed by atoms with Crippen LogP contribution in [-0.4, -0.2) is 27.8 Å². The number of nitrogens with one attached hydrogen (secondary N) is 1. The van der Waals surface area contributed by atoms with Gasteiger partial charge in [0, 0.05) is 24.9 Å². The molecule has 0 radical (unpaired) electrons. The Kier molecular flexibility index (Phi) is 2.74. The predicted octanol–water partition coefficient (Wildman–Crippen LogP) is -0.559. The van der Waals surface area contributed by atoms with Crippen molar-refractivity contribution in [3.8, 4) is 0 Å². The van der Waals surface area contributed by atoms with E-state index in [4.69, 9.17) is 5.73 Å². The standard InChI is InChI=1S/C7H14N2O2S/c1-12(10,11)7-5-9-3-2-6(7)4-8/h5-6,9H,2-4,8H2,1H3. The van der Waals surface area contributed by atoms with Gasteiger partial charge in [0.05, 0.1) is 4.91 Å². The van der Waals surface area contributed by atoms with Crippen molar-refractivity contribution in [3.05, 3.63) is 11.1 Å². The minimum atomic E-state index is -3.07. The van der Waals surface area contributed by atoms with E-state index in [9.17, 15) is 8.42 Å². The van der Waals surface area contributed by atoms with E-state index in [1.807, 2.05) is 0 Å². The summed E-state index contributed by atoms with van der Waals surface area (Å²) in [6.45, 7) is 1.21. The molecule has 1 heterocycles. The molecule has 5 heteroatoms. The molecule has 12 heavy (non-hydrogen) atoms. The molecule has 0 saturated heterocycles. The van der Waals surface area contributed by atoms with Gasteiger partial charge in [-0.3, -0.25) is 0 Å². The molecule has 1 unspecified atom stereocenters. The normalized spacial score (nSPS) is 24.5. The largest absolute Gasteiger partial charge is 0.390 e. The van der Waals surface area contributed by atoms with Gasteiger partial charge in [0.25, 0.3) is 0 Å². The third-order valence-corrected chi connectivity index (χ3v) is 3.30. The zero-order valence-electron chi connectivity index (χ0n) is 7.08. The molecule has 0 saturated carbocycles. The molecule has 70 valence electrons. The summed E-state index contributed by atoms with van der Waals surface area (Å²) in [4.78, 5) is 0.441. The van der Waals surface area contributed by atoms with Gasteiger partial charge < -0.3 is 11.1 Å². The van der Waals surface area contributed by atoms with E-state index in [0.717, 1.165) is 13.0 Å². The maximum Gasteiger partial charge on any atom is 0.173 e. The van der Waals surface area contributed by atoms with Crippen molar-refractivity contribution in [1.29, 1.82) is 0 Å². The Bertz CT molecular complexity index is 282. The van der Waals surface area contributed by atoms with E-state index in [-0.39, 0.29) is 5.92 Å². The van der Waals surface area contributed by atoms with Crippen molar-refractivity contribution in [2.45, 2.75) is 6.42 Å². The maximum absolute atomic E-state index is 11.2. The highest BCUT2D eigenvalue weighted by Crippen LogP contribution is 2.20. The Morgan fingerprint density at radius 3 is 2.83 bits per heavy atom. The summed E-state index contributed by atoms with van der Waals surface area (Å²) in [5, 5.41) is 2.91. The average molecular weight is 190 g/mol. The van der Waals surface area contributed by atoms with Crippen molar-refractivity contribution >= 4 is 9.84 Å². The second-order valence-corrected chi connectivity index (χ2v) is 5.01. The molecular formula is C7H14N2O2S. The lowest BCUT2D eigenvalue weighted by molar-refractivity contribution is 0.531. The van der Waals surface area contributed by atoms with Crippen molar-refractivity contribution in [1.82, 2.24) is 5.32 Å². The first-order chi connectivity index (χ1) is 5.55. The van der Waals surface area contributed by atoms with Crippen molar-refractivity contribution in [2.24, 2.45) is 11.7 Å². The Labute approximate surface area is 72.7 Å². The number of nitrogens with two attached hydrogens (primary N) is 1. The summed E-state index contributed by atoms with van der Waals surface area (Å²) in [6.07, 6.45) is 3.58. The lowest BCUT2D eigenvalue weighted by Crippen LogP contribution is -2.30. The van der Waals surface area contributed by atoms with Gasteiger partial charge in [-0.2, -0.15) is 0 Å². The van der Waals surface area contributed by atoms with Crippen LogP contribution < -0.4 is 11.1 Å². The van der Waals surface area contributed by atoms with Gasteiger partial charge in [0.1, 0.15) is 0 Å². The summed E-state index contributed by atoms with van der Waals surface area (Å²) in [7, 11) is -3.07. The zero-order chi connectivity index (χ0) is 9.19. The van der Waals surface area contributed by atoms with Crippen molar-refractivity contribution < 1.29 is 8.42 Å². The molecule has 0 fully saturated rings. The van der Waals surface area contributed by atoms with E-state index >= 15 is 0 Å². The summed E-state index contributed by atoms with van der Waals surface area (Å²) >= 11 is 0. The molecule has 0 bridgehead atoms. The summed E-state index contributed by atoms with van der Waals surface area (Å²) < 4.78 is 22.4. The van der Waals surface area contributed by atoms with E-state index < -0.39 is 9.84 Å². The molecule has 0 aromatic carbocycles. The van der Waals surface area contributed by atoms with E-state index in [1.54, 1.807) is 6.20 Å². The number of hydrogen-bond acceptors (Lipinski definition) is 4. The first-order valence-corrected chi connectivity index (χ1v) is 5.78. The fourth-order valence-electron chi connectivity index (χ4n) is 1.33. The third-order valence-electron chi connectivity index (χ3n) is 2.00. The summed E-state index contributed by atoms with van der Waals surface area (Å²) in [6, 6.07) is 0. The Balaban J connectivity index is 2.93. The first-order valence-electron chi connectivity index (χ1n) is 3.89. The van der Waals surface area contributed by atoms with Crippen LogP contribution in [0.4, 0.5) is 0 Å². The van der Waals surface area contributed by atoms with Crippen LogP contribution in [0.3, 0.4) is 0 Å². The number of rotatable bonds is 2. The second-order valence-electron chi connectivity index (χ2n) is 2.99. The molecule has 0 aromatic heterocycles. The minimum Gasteiger partial charge on any atom is -0.390 e. The van der Waals surface area contributed by atoms with Gasteiger partial charge in [-0.05, 0) is 13.0 Å². The van der Waals surface area contributed by atoms with E-state index in [1.165, 1.54) is 6.26 Å². The fourth-order valence-corrected chi connectivity index (χ4v) is 2.45. The predicted molar refractivity (Wildman–Crippen MR) is 48.1 cm³/mol. The van der Waals surface area contributed by atoms with Gasteiger partial charge in [-0.25, -0.2) is 8.42 Å². The molecule has 0 aliphatic carbocycles. The van der Waals surface area contributed by atoms with Gasteiger partial charge >= 0.3 is 0 Å². The summed E-state index contributed by atoms with van der Waals surface area (Å²) in [5.41, 5.74) is 5.46. The van der Waals surface area contributed by atoms with Crippen LogP contribution in [0.5, 0.6) is 0 Å². The summed E-state index contributed by atoms with van der Waals surface area (Å²) in [5.74, 6) is 0.00116.